The molecule has 1 aromatic carbocycles. The fourth-order valence-electron chi connectivity index (χ4n) is 1.86. The van der Waals surface area contributed by atoms with Crippen LogP contribution in [0.1, 0.15) is 23.6 Å². The van der Waals surface area contributed by atoms with E-state index in [0.717, 1.165) is 18.5 Å². The van der Waals surface area contributed by atoms with Crippen molar-refractivity contribution in [3.63, 3.8) is 0 Å². The van der Waals surface area contributed by atoms with Gasteiger partial charge in [-0.2, -0.15) is 0 Å². The van der Waals surface area contributed by atoms with Crippen LogP contribution in [0.2, 0.25) is 0 Å². The van der Waals surface area contributed by atoms with Crippen LogP contribution < -0.4 is 16.8 Å². The van der Waals surface area contributed by atoms with E-state index in [4.69, 9.17) is 11.5 Å². The van der Waals surface area contributed by atoms with Crippen molar-refractivity contribution in [3.05, 3.63) is 29.3 Å². The molecule has 76 valence electrons. The Balaban J connectivity index is 2.29. The summed E-state index contributed by atoms with van der Waals surface area (Å²) in [6.45, 7) is 1.58. The van der Waals surface area contributed by atoms with Gasteiger partial charge >= 0.3 is 0 Å². The number of nitrogens with two attached hydrogens (primary N) is 2. The molecule has 0 aromatic heterocycles. The highest BCUT2D eigenvalue weighted by atomic mass is 14.9. The molecule has 0 fully saturated rings. The van der Waals surface area contributed by atoms with E-state index in [9.17, 15) is 0 Å². The summed E-state index contributed by atoms with van der Waals surface area (Å²) in [6, 6.07) is 6.33. The Morgan fingerprint density at radius 1 is 1.43 bits per heavy atom. The Kier molecular flexibility index (Phi) is 2.70. The molecule has 0 saturated carbocycles. The summed E-state index contributed by atoms with van der Waals surface area (Å²) in [5.74, 6) is 0. The third-order valence-corrected chi connectivity index (χ3v) is 2.75. The predicted molar refractivity (Wildman–Crippen MR) is 59.2 cm³/mol. The van der Waals surface area contributed by atoms with Crippen molar-refractivity contribution in [1.82, 2.24) is 0 Å². The van der Waals surface area contributed by atoms with Crippen molar-refractivity contribution in [2.24, 2.45) is 11.5 Å². The van der Waals surface area contributed by atoms with E-state index < -0.39 is 0 Å². The van der Waals surface area contributed by atoms with Crippen molar-refractivity contribution in [2.75, 3.05) is 18.4 Å². The Hall–Kier alpha value is -1.06. The monoisotopic (exact) mass is 191 g/mol. The van der Waals surface area contributed by atoms with E-state index in [-0.39, 0.29) is 6.04 Å². The Morgan fingerprint density at radius 3 is 3.07 bits per heavy atom. The fourth-order valence-corrected chi connectivity index (χ4v) is 1.86. The first kappa shape index (κ1) is 9.49. The SMILES string of the molecule is NCC(N)c1ccc2c(c1)CCCN2. The van der Waals surface area contributed by atoms with Gasteiger partial charge in [-0.3, -0.25) is 0 Å². The lowest BCUT2D eigenvalue weighted by Gasteiger charge is -2.20. The predicted octanol–water partition coefficient (Wildman–Crippen LogP) is 1.00. The molecular formula is C11H17N3. The molecule has 0 aliphatic carbocycles. The van der Waals surface area contributed by atoms with Crippen LogP contribution in [-0.2, 0) is 6.42 Å². The second-order valence-corrected chi connectivity index (χ2v) is 3.79. The molecule has 1 atom stereocenters. The van der Waals surface area contributed by atoms with Gasteiger partial charge in [0.2, 0.25) is 0 Å². The van der Waals surface area contributed by atoms with E-state index in [1.165, 1.54) is 17.7 Å². The highest BCUT2D eigenvalue weighted by molar-refractivity contribution is 5.54. The molecule has 0 radical (unpaired) electrons. The molecule has 3 nitrogen and oxygen atoms in total. The number of hydrogen-bond acceptors (Lipinski definition) is 3. The van der Waals surface area contributed by atoms with Crippen LogP contribution >= 0.6 is 0 Å². The molecule has 1 heterocycles. The Bertz CT molecular complexity index is 322. The molecule has 14 heavy (non-hydrogen) atoms. The zero-order valence-corrected chi connectivity index (χ0v) is 8.29. The second-order valence-electron chi connectivity index (χ2n) is 3.79. The summed E-state index contributed by atoms with van der Waals surface area (Å²) >= 11 is 0. The molecule has 1 unspecified atom stereocenters. The quantitative estimate of drug-likeness (QED) is 0.653. The van der Waals surface area contributed by atoms with Crippen molar-refractivity contribution in [2.45, 2.75) is 18.9 Å². The molecule has 0 saturated heterocycles. The first-order valence-corrected chi connectivity index (χ1v) is 5.13. The zero-order valence-electron chi connectivity index (χ0n) is 8.29. The lowest BCUT2D eigenvalue weighted by atomic mass is 9.98. The number of nitrogens with one attached hydrogen (secondary N) is 1. The number of fused-ring (bicyclic) bond motifs is 1. The van der Waals surface area contributed by atoms with Crippen LogP contribution in [0.3, 0.4) is 0 Å². The van der Waals surface area contributed by atoms with E-state index in [1.807, 2.05) is 0 Å². The largest absolute Gasteiger partial charge is 0.385 e. The smallest absolute Gasteiger partial charge is 0.0419 e. The van der Waals surface area contributed by atoms with Gasteiger partial charge in [0.1, 0.15) is 0 Å². The topological polar surface area (TPSA) is 64.1 Å². The maximum absolute atomic E-state index is 5.88. The first-order valence-electron chi connectivity index (χ1n) is 5.13. The molecule has 0 amide bonds. The number of benzene rings is 1. The van der Waals surface area contributed by atoms with Crippen LogP contribution in [0.4, 0.5) is 5.69 Å². The van der Waals surface area contributed by atoms with Crippen molar-refractivity contribution < 1.29 is 0 Å². The summed E-state index contributed by atoms with van der Waals surface area (Å²) in [6.07, 6.45) is 2.35. The van der Waals surface area contributed by atoms with Gasteiger partial charge in [0.25, 0.3) is 0 Å². The molecule has 1 aliphatic rings. The van der Waals surface area contributed by atoms with E-state index in [2.05, 4.69) is 23.5 Å². The number of aryl methyl sites for hydroxylation is 1. The highest BCUT2D eigenvalue weighted by Gasteiger charge is 2.10. The molecule has 0 spiro atoms. The second kappa shape index (κ2) is 3.98. The zero-order chi connectivity index (χ0) is 9.97. The maximum Gasteiger partial charge on any atom is 0.0419 e. The molecule has 0 bridgehead atoms. The number of hydrogen-bond donors (Lipinski definition) is 3. The van der Waals surface area contributed by atoms with Gasteiger partial charge in [-0.15, -0.1) is 0 Å². The molecule has 1 aliphatic heterocycles. The van der Waals surface area contributed by atoms with Gasteiger partial charge in [-0.05, 0) is 30.0 Å². The fraction of sp³-hybridized carbons (Fsp3) is 0.455. The van der Waals surface area contributed by atoms with Gasteiger partial charge < -0.3 is 16.8 Å². The minimum Gasteiger partial charge on any atom is -0.385 e. The van der Waals surface area contributed by atoms with Crippen molar-refractivity contribution in [1.29, 1.82) is 0 Å². The van der Waals surface area contributed by atoms with E-state index in [0.29, 0.717) is 6.54 Å². The lowest BCUT2D eigenvalue weighted by Crippen LogP contribution is -2.21. The maximum atomic E-state index is 5.88. The number of anilines is 1. The van der Waals surface area contributed by atoms with Crippen LogP contribution in [0.25, 0.3) is 0 Å². The molecular weight excluding hydrogens is 174 g/mol. The van der Waals surface area contributed by atoms with Crippen molar-refractivity contribution >= 4 is 5.69 Å². The summed E-state index contributed by atoms with van der Waals surface area (Å²) in [4.78, 5) is 0. The third kappa shape index (κ3) is 1.74. The summed E-state index contributed by atoms with van der Waals surface area (Å²) in [5, 5.41) is 3.37. The summed E-state index contributed by atoms with van der Waals surface area (Å²) in [5.41, 5.74) is 15.2. The molecule has 5 N–H and O–H groups in total. The van der Waals surface area contributed by atoms with Gasteiger partial charge in [0.15, 0.2) is 0 Å². The number of rotatable bonds is 2. The third-order valence-electron chi connectivity index (χ3n) is 2.75. The van der Waals surface area contributed by atoms with Crippen molar-refractivity contribution in [3.8, 4) is 0 Å². The van der Waals surface area contributed by atoms with E-state index in [1.54, 1.807) is 0 Å². The standard InChI is InChI=1S/C11H17N3/c12-7-10(13)8-3-4-11-9(6-8)2-1-5-14-11/h3-4,6,10,14H,1-2,5,7,12-13H2. The molecule has 2 rings (SSSR count). The van der Waals surface area contributed by atoms with Crippen LogP contribution in [0.5, 0.6) is 0 Å². The molecule has 3 heteroatoms. The summed E-state index contributed by atoms with van der Waals surface area (Å²) in [7, 11) is 0. The average molecular weight is 191 g/mol. The minimum atomic E-state index is -0.0257. The van der Waals surface area contributed by atoms with Gasteiger partial charge in [0, 0.05) is 24.8 Å². The Labute approximate surface area is 84.5 Å². The lowest BCUT2D eigenvalue weighted by molar-refractivity contribution is 0.732. The highest BCUT2D eigenvalue weighted by Crippen LogP contribution is 2.24. The minimum absolute atomic E-state index is 0.0257. The first-order chi connectivity index (χ1) is 6.81. The molecule has 1 aromatic rings. The van der Waals surface area contributed by atoms with Gasteiger partial charge in [-0.25, -0.2) is 0 Å². The normalized spacial score (nSPS) is 17.0. The summed E-state index contributed by atoms with van der Waals surface area (Å²) < 4.78 is 0. The van der Waals surface area contributed by atoms with E-state index >= 15 is 0 Å². The van der Waals surface area contributed by atoms with Crippen LogP contribution in [0.15, 0.2) is 18.2 Å². The Morgan fingerprint density at radius 2 is 2.29 bits per heavy atom. The van der Waals surface area contributed by atoms with Crippen LogP contribution in [0, 0.1) is 0 Å². The van der Waals surface area contributed by atoms with Gasteiger partial charge in [0.05, 0.1) is 0 Å². The average Bonchev–Trinajstić information content (AvgIpc) is 2.27. The van der Waals surface area contributed by atoms with Crippen LogP contribution in [-0.4, -0.2) is 13.1 Å². The van der Waals surface area contributed by atoms with Gasteiger partial charge in [-0.1, -0.05) is 12.1 Å².